The Bertz CT molecular complexity index is 791. The van der Waals surface area contributed by atoms with Gasteiger partial charge >= 0.3 is 0 Å². The minimum absolute atomic E-state index is 0.0252. The third kappa shape index (κ3) is 4.87. The van der Waals surface area contributed by atoms with E-state index in [1.807, 2.05) is 19.0 Å². The van der Waals surface area contributed by atoms with Gasteiger partial charge in [0.15, 0.2) is 0 Å². The van der Waals surface area contributed by atoms with Crippen LogP contribution in [0.4, 0.5) is 5.95 Å². The molecule has 0 radical (unpaired) electrons. The van der Waals surface area contributed by atoms with Gasteiger partial charge in [0.1, 0.15) is 0 Å². The van der Waals surface area contributed by atoms with Gasteiger partial charge in [-0.3, -0.25) is 4.79 Å². The third-order valence-electron chi connectivity index (χ3n) is 5.28. The van der Waals surface area contributed by atoms with Crippen LogP contribution in [0.25, 0.3) is 0 Å². The largest absolute Gasteiger partial charge is 0.347 e. The van der Waals surface area contributed by atoms with Crippen LogP contribution in [0.2, 0.25) is 0 Å². The van der Waals surface area contributed by atoms with Gasteiger partial charge in [-0.1, -0.05) is 30.3 Å². The molecule has 0 spiro atoms. The summed E-state index contributed by atoms with van der Waals surface area (Å²) in [5.41, 5.74) is 2.92. The van der Waals surface area contributed by atoms with Crippen molar-refractivity contribution in [2.75, 3.05) is 52.7 Å². The molecule has 1 fully saturated rings. The van der Waals surface area contributed by atoms with E-state index in [1.165, 1.54) is 5.56 Å². The molecule has 0 aliphatic carbocycles. The summed E-state index contributed by atoms with van der Waals surface area (Å²) in [7, 11) is 7.40. The lowest BCUT2D eigenvalue weighted by atomic mass is 9.99. The zero-order chi connectivity index (χ0) is 20.1. The number of amides is 1. The van der Waals surface area contributed by atoms with E-state index < -0.39 is 0 Å². The number of likely N-dealkylation sites (tertiary alicyclic amines) is 1. The lowest BCUT2D eigenvalue weighted by molar-refractivity contribution is 0.0825. The van der Waals surface area contributed by atoms with Gasteiger partial charge in [-0.25, -0.2) is 9.97 Å². The van der Waals surface area contributed by atoms with E-state index in [-0.39, 0.29) is 11.8 Å². The van der Waals surface area contributed by atoms with E-state index in [4.69, 9.17) is 4.98 Å². The predicted molar refractivity (Wildman–Crippen MR) is 113 cm³/mol. The van der Waals surface area contributed by atoms with Crippen molar-refractivity contribution in [2.24, 2.45) is 0 Å². The Balaban J connectivity index is 1.67. The highest BCUT2D eigenvalue weighted by atomic mass is 16.2. The van der Waals surface area contributed by atoms with E-state index in [0.717, 1.165) is 44.6 Å². The topological polar surface area (TPSA) is 52.6 Å². The molecule has 150 valence electrons. The van der Waals surface area contributed by atoms with Crippen LogP contribution < -0.4 is 4.90 Å². The first-order valence-corrected chi connectivity index (χ1v) is 9.98. The van der Waals surface area contributed by atoms with Crippen LogP contribution in [0.15, 0.2) is 36.5 Å². The summed E-state index contributed by atoms with van der Waals surface area (Å²) in [6.07, 6.45) is 4.97. The number of anilines is 1. The van der Waals surface area contributed by atoms with Crippen molar-refractivity contribution in [3.63, 3.8) is 0 Å². The molecule has 0 bridgehead atoms. The van der Waals surface area contributed by atoms with Crippen molar-refractivity contribution in [2.45, 2.75) is 25.2 Å². The summed E-state index contributed by atoms with van der Waals surface area (Å²) in [6.45, 7) is 3.08. The first-order valence-electron chi connectivity index (χ1n) is 9.98. The van der Waals surface area contributed by atoms with Crippen molar-refractivity contribution in [1.29, 1.82) is 0 Å². The number of nitrogens with zero attached hydrogens (tertiary/aromatic N) is 5. The second kappa shape index (κ2) is 9.15. The van der Waals surface area contributed by atoms with Gasteiger partial charge in [0, 0.05) is 46.9 Å². The number of carbonyl (C=O) groups excluding carboxylic acids is 1. The maximum atomic E-state index is 12.6. The molecule has 1 unspecified atom stereocenters. The van der Waals surface area contributed by atoms with Gasteiger partial charge in [-0.15, -0.1) is 0 Å². The summed E-state index contributed by atoms with van der Waals surface area (Å²) < 4.78 is 0. The van der Waals surface area contributed by atoms with Crippen LogP contribution in [0.3, 0.4) is 0 Å². The fraction of sp³-hybridized carbons (Fsp3) is 0.500. The maximum absolute atomic E-state index is 12.6. The average Bonchev–Trinajstić information content (AvgIpc) is 3.16. The summed E-state index contributed by atoms with van der Waals surface area (Å²) in [6, 6.07) is 10.6. The van der Waals surface area contributed by atoms with E-state index in [0.29, 0.717) is 11.5 Å². The van der Waals surface area contributed by atoms with Gasteiger partial charge in [-0.2, -0.15) is 0 Å². The molecular weight excluding hydrogens is 350 g/mol. The minimum Gasteiger partial charge on any atom is -0.347 e. The van der Waals surface area contributed by atoms with Crippen molar-refractivity contribution in [1.82, 2.24) is 19.8 Å². The van der Waals surface area contributed by atoms with Gasteiger partial charge < -0.3 is 14.7 Å². The summed E-state index contributed by atoms with van der Waals surface area (Å²) in [4.78, 5) is 27.7. The molecule has 1 atom stereocenters. The van der Waals surface area contributed by atoms with E-state index >= 15 is 0 Å². The SMILES string of the molecule is CN(C)C(=O)c1cnc(N(C)C)nc1C1CCN(CCCc2ccccc2)C1. The number of benzene rings is 1. The molecule has 1 aliphatic heterocycles. The Morgan fingerprint density at radius 2 is 1.93 bits per heavy atom. The number of aromatic nitrogens is 2. The average molecular weight is 382 g/mol. The lowest BCUT2D eigenvalue weighted by Crippen LogP contribution is -2.27. The highest BCUT2D eigenvalue weighted by Crippen LogP contribution is 2.29. The maximum Gasteiger partial charge on any atom is 0.256 e. The van der Waals surface area contributed by atoms with Gasteiger partial charge in [0.25, 0.3) is 5.91 Å². The number of aryl methyl sites for hydroxylation is 1. The molecule has 3 rings (SSSR count). The van der Waals surface area contributed by atoms with Crippen molar-refractivity contribution in [3.8, 4) is 0 Å². The first-order chi connectivity index (χ1) is 13.5. The molecule has 1 saturated heterocycles. The molecule has 6 nitrogen and oxygen atoms in total. The fourth-order valence-electron chi connectivity index (χ4n) is 3.73. The Morgan fingerprint density at radius 1 is 1.18 bits per heavy atom. The molecule has 1 aromatic carbocycles. The molecule has 0 N–H and O–H groups in total. The van der Waals surface area contributed by atoms with Crippen molar-refractivity contribution >= 4 is 11.9 Å². The molecule has 2 heterocycles. The van der Waals surface area contributed by atoms with E-state index in [9.17, 15) is 4.79 Å². The normalized spacial score (nSPS) is 16.9. The number of hydrogen-bond acceptors (Lipinski definition) is 5. The van der Waals surface area contributed by atoms with Gasteiger partial charge in [0.2, 0.25) is 5.95 Å². The van der Waals surface area contributed by atoms with Crippen LogP contribution in [0, 0.1) is 0 Å². The monoisotopic (exact) mass is 381 g/mol. The first kappa shape index (κ1) is 20.3. The second-order valence-corrected chi connectivity index (χ2v) is 7.94. The van der Waals surface area contributed by atoms with Crippen molar-refractivity contribution in [3.05, 3.63) is 53.3 Å². The minimum atomic E-state index is -0.0252. The van der Waals surface area contributed by atoms with Crippen LogP contribution in [0.1, 0.15) is 40.4 Å². The van der Waals surface area contributed by atoms with Gasteiger partial charge in [0.05, 0.1) is 11.3 Å². The van der Waals surface area contributed by atoms with Crippen LogP contribution in [-0.2, 0) is 6.42 Å². The zero-order valence-corrected chi connectivity index (χ0v) is 17.4. The second-order valence-electron chi connectivity index (χ2n) is 7.94. The standard InChI is InChI=1S/C22H31N5O/c1-25(2)21(28)19-15-23-22(26(3)4)24-20(19)18-12-14-27(16-18)13-8-11-17-9-6-5-7-10-17/h5-7,9-10,15,18H,8,11-14,16H2,1-4H3. The molecule has 1 aromatic heterocycles. The molecular formula is C22H31N5O. The molecule has 1 aliphatic rings. The Hall–Kier alpha value is -2.47. The highest BCUT2D eigenvalue weighted by molar-refractivity contribution is 5.95. The molecule has 1 amide bonds. The number of carbonyl (C=O) groups is 1. The smallest absolute Gasteiger partial charge is 0.256 e. The summed E-state index contributed by atoms with van der Waals surface area (Å²) in [5, 5.41) is 0. The number of hydrogen-bond donors (Lipinski definition) is 0. The Morgan fingerprint density at radius 3 is 2.61 bits per heavy atom. The molecule has 28 heavy (non-hydrogen) atoms. The summed E-state index contributed by atoms with van der Waals surface area (Å²) in [5.74, 6) is 0.910. The molecule has 2 aromatic rings. The highest BCUT2D eigenvalue weighted by Gasteiger charge is 2.29. The van der Waals surface area contributed by atoms with E-state index in [1.54, 1.807) is 25.2 Å². The zero-order valence-electron chi connectivity index (χ0n) is 17.4. The van der Waals surface area contributed by atoms with Crippen LogP contribution >= 0.6 is 0 Å². The number of rotatable bonds is 7. The Kier molecular flexibility index (Phi) is 6.62. The van der Waals surface area contributed by atoms with Crippen LogP contribution in [0.5, 0.6) is 0 Å². The van der Waals surface area contributed by atoms with Crippen LogP contribution in [-0.4, -0.2) is 73.5 Å². The lowest BCUT2D eigenvalue weighted by Gasteiger charge is -2.20. The van der Waals surface area contributed by atoms with Crippen molar-refractivity contribution < 1.29 is 4.79 Å². The van der Waals surface area contributed by atoms with E-state index in [2.05, 4.69) is 40.2 Å². The van der Waals surface area contributed by atoms with Gasteiger partial charge in [-0.05, 0) is 37.9 Å². The molecule has 0 saturated carbocycles. The Labute approximate surface area is 168 Å². The predicted octanol–water partition coefficient (Wildman–Crippen LogP) is 2.67. The fourth-order valence-corrected chi connectivity index (χ4v) is 3.73. The molecule has 6 heteroatoms. The summed E-state index contributed by atoms with van der Waals surface area (Å²) >= 11 is 0. The quantitative estimate of drug-likeness (QED) is 0.738. The third-order valence-corrected chi connectivity index (χ3v) is 5.28.